The van der Waals surface area contributed by atoms with Crippen molar-refractivity contribution in [1.29, 1.82) is 0 Å². The maximum absolute atomic E-state index is 12.7. The first kappa shape index (κ1) is 24.2. The van der Waals surface area contributed by atoms with Gasteiger partial charge in [-0.05, 0) is 33.6 Å². The standard InChI is InChI=1S/C20H31N5O6/c1-7-15(26)30-14-9-8-13(14)17(27)22-16-12(10-21-18(28)31-20(2,3)4)11-25(23-16)19(29)24(5)6/h11,13-14H,7-10H2,1-6H3,(H,21,28)(H,22,23,27). The van der Waals surface area contributed by atoms with Crippen molar-refractivity contribution < 1.29 is 28.7 Å². The van der Waals surface area contributed by atoms with Crippen molar-refractivity contribution >= 4 is 29.8 Å². The van der Waals surface area contributed by atoms with Crippen molar-refractivity contribution in [2.75, 3.05) is 19.4 Å². The zero-order valence-electron chi connectivity index (χ0n) is 18.9. The second-order valence-electron chi connectivity index (χ2n) is 8.53. The summed E-state index contributed by atoms with van der Waals surface area (Å²) in [5.41, 5.74) is -0.239. The van der Waals surface area contributed by atoms with Gasteiger partial charge in [-0.2, -0.15) is 4.68 Å². The average Bonchev–Trinajstić information content (AvgIpc) is 3.03. The predicted octanol–water partition coefficient (Wildman–Crippen LogP) is 2.11. The highest BCUT2D eigenvalue weighted by atomic mass is 16.6. The van der Waals surface area contributed by atoms with E-state index in [4.69, 9.17) is 9.47 Å². The van der Waals surface area contributed by atoms with Gasteiger partial charge in [0, 0.05) is 32.3 Å². The fourth-order valence-electron chi connectivity index (χ4n) is 2.80. The Hall–Kier alpha value is -3.11. The van der Waals surface area contributed by atoms with E-state index in [2.05, 4.69) is 15.7 Å². The van der Waals surface area contributed by atoms with Crippen molar-refractivity contribution in [1.82, 2.24) is 20.0 Å². The number of aromatic nitrogens is 2. The van der Waals surface area contributed by atoms with Gasteiger partial charge in [-0.3, -0.25) is 9.59 Å². The minimum absolute atomic E-state index is 0.00977. The molecule has 2 N–H and O–H groups in total. The largest absolute Gasteiger partial charge is 0.462 e. The molecule has 2 unspecified atom stereocenters. The molecule has 1 heterocycles. The first-order valence-corrected chi connectivity index (χ1v) is 10.2. The third-order valence-electron chi connectivity index (χ3n) is 4.55. The van der Waals surface area contributed by atoms with Crippen LogP contribution in [0.2, 0.25) is 0 Å². The minimum Gasteiger partial charge on any atom is -0.462 e. The van der Waals surface area contributed by atoms with Crippen LogP contribution in [-0.2, 0) is 25.6 Å². The Morgan fingerprint density at radius 1 is 1.23 bits per heavy atom. The van der Waals surface area contributed by atoms with Crippen molar-refractivity contribution in [3.63, 3.8) is 0 Å². The molecule has 172 valence electrons. The van der Waals surface area contributed by atoms with Crippen LogP contribution in [0.5, 0.6) is 0 Å². The van der Waals surface area contributed by atoms with Gasteiger partial charge in [-0.15, -0.1) is 5.10 Å². The molecule has 0 spiro atoms. The summed E-state index contributed by atoms with van der Waals surface area (Å²) in [6, 6.07) is -0.419. The lowest BCUT2D eigenvalue weighted by Gasteiger charge is -2.34. The van der Waals surface area contributed by atoms with Crippen LogP contribution in [-0.4, -0.2) is 64.5 Å². The van der Waals surface area contributed by atoms with E-state index in [1.54, 1.807) is 41.8 Å². The number of hydrogen-bond donors (Lipinski definition) is 2. The normalized spacial score (nSPS) is 17.9. The molecular formula is C20H31N5O6. The topological polar surface area (TPSA) is 132 Å². The van der Waals surface area contributed by atoms with E-state index in [1.807, 2.05) is 0 Å². The molecular weight excluding hydrogens is 406 g/mol. The number of hydrogen-bond acceptors (Lipinski definition) is 7. The molecule has 2 atom stereocenters. The average molecular weight is 437 g/mol. The Kier molecular flexibility index (Phi) is 7.64. The van der Waals surface area contributed by atoms with Crippen molar-refractivity contribution in [2.45, 2.75) is 65.2 Å². The van der Waals surface area contributed by atoms with Gasteiger partial charge in [0.15, 0.2) is 5.82 Å². The molecule has 1 fully saturated rings. The van der Waals surface area contributed by atoms with Crippen LogP contribution in [0.3, 0.4) is 0 Å². The van der Waals surface area contributed by atoms with Crippen LogP contribution in [0.4, 0.5) is 15.4 Å². The second-order valence-corrected chi connectivity index (χ2v) is 8.53. The van der Waals surface area contributed by atoms with Gasteiger partial charge in [0.25, 0.3) is 0 Å². The number of nitrogens with one attached hydrogen (secondary N) is 2. The molecule has 3 amide bonds. The van der Waals surface area contributed by atoms with Crippen LogP contribution in [0.15, 0.2) is 6.20 Å². The lowest BCUT2D eigenvalue weighted by Crippen LogP contribution is -2.43. The molecule has 0 aromatic carbocycles. The maximum atomic E-state index is 12.7. The molecule has 0 saturated heterocycles. The molecule has 2 rings (SSSR count). The Morgan fingerprint density at radius 2 is 1.90 bits per heavy atom. The van der Waals surface area contributed by atoms with Gasteiger partial charge in [0.1, 0.15) is 11.7 Å². The van der Waals surface area contributed by atoms with E-state index in [9.17, 15) is 19.2 Å². The Labute approximate surface area is 181 Å². The molecule has 1 aromatic rings. The molecule has 0 radical (unpaired) electrons. The smallest absolute Gasteiger partial charge is 0.407 e. The van der Waals surface area contributed by atoms with Gasteiger partial charge in [-0.1, -0.05) is 6.92 Å². The number of amides is 3. The van der Waals surface area contributed by atoms with Gasteiger partial charge in [0.2, 0.25) is 5.91 Å². The Morgan fingerprint density at radius 3 is 2.42 bits per heavy atom. The van der Waals surface area contributed by atoms with E-state index < -0.39 is 29.7 Å². The third-order valence-corrected chi connectivity index (χ3v) is 4.55. The van der Waals surface area contributed by atoms with E-state index in [-0.39, 0.29) is 30.7 Å². The number of carbonyl (C=O) groups is 4. The number of nitrogens with zero attached hydrogens (tertiary/aromatic N) is 3. The summed E-state index contributed by atoms with van der Waals surface area (Å²) in [5.74, 6) is -1.06. The summed E-state index contributed by atoms with van der Waals surface area (Å²) >= 11 is 0. The van der Waals surface area contributed by atoms with Crippen molar-refractivity contribution in [3.8, 4) is 0 Å². The first-order valence-electron chi connectivity index (χ1n) is 10.2. The SMILES string of the molecule is CCC(=O)OC1CCC1C(=O)Nc1nn(C(=O)N(C)C)cc1CNC(=O)OC(C)(C)C. The summed E-state index contributed by atoms with van der Waals surface area (Å²) in [7, 11) is 3.14. The zero-order valence-corrected chi connectivity index (χ0v) is 18.9. The van der Waals surface area contributed by atoms with Crippen LogP contribution < -0.4 is 10.6 Å². The van der Waals surface area contributed by atoms with Gasteiger partial charge >= 0.3 is 18.1 Å². The molecule has 1 saturated carbocycles. The van der Waals surface area contributed by atoms with Gasteiger partial charge in [0.05, 0.1) is 12.5 Å². The lowest BCUT2D eigenvalue weighted by molar-refractivity contribution is -0.159. The fraction of sp³-hybridized carbons (Fsp3) is 0.650. The van der Waals surface area contributed by atoms with Crippen LogP contribution in [0.1, 0.15) is 52.5 Å². The van der Waals surface area contributed by atoms with Crippen molar-refractivity contribution in [3.05, 3.63) is 11.8 Å². The van der Waals surface area contributed by atoms with Crippen molar-refractivity contribution in [2.24, 2.45) is 5.92 Å². The summed E-state index contributed by atoms with van der Waals surface area (Å²) < 4.78 is 11.6. The predicted molar refractivity (Wildman–Crippen MR) is 111 cm³/mol. The molecule has 1 aliphatic rings. The first-order chi connectivity index (χ1) is 14.4. The van der Waals surface area contributed by atoms with E-state index in [0.29, 0.717) is 18.4 Å². The Bertz CT molecular complexity index is 842. The molecule has 11 nitrogen and oxygen atoms in total. The molecule has 11 heteroatoms. The molecule has 0 bridgehead atoms. The molecule has 31 heavy (non-hydrogen) atoms. The van der Waals surface area contributed by atoms with Crippen LogP contribution in [0, 0.1) is 5.92 Å². The highest BCUT2D eigenvalue weighted by Gasteiger charge is 2.39. The summed E-state index contributed by atoms with van der Waals surface area (Å²) in [6.45, 7) is 6.91. The highest BCUT2D eigenvalue weighted by Crippen LogP contribution is 2.32. The Balaban J connectivity index is 2.12. The number of ether oxygens (including phenoxy) is 2. The summed E-state index contributed by atoms with van der Waals surface area (Å²) in [6.07, 6.45) is 1.76. The van der Waals surface area contributed by atoms with E-state index in [0.717, 1.165) is 4.68 Å². The number of rotatable bonds is 6. The number of anilines is 1. The second kappa shape index (κ2) is 9.80. The molecule has 1 aromatic heterocycles. The van der Waals surface area contributed by atoms with Crippen LogP contribution in [0.25, 0.3) is 0 Å². The lowest BCUT2D eigenvalue weighted by atomic mass is 9.81. The van der Waals surface area contributed by atoms with E-state index >= 15 is 0 Å². The molecule has 1 aliphatic carbocycles. The monoisotopic (exact) mass is 437 g/mol. The number of carbonyl (C=O) groups excluding carboxylic acids is 4. The zero-order chi connectivity index (χ0) is 23.3. The summed E-state index contributed by atoms with van der Waals surface area (Å²) in [5, 5.41) is 9.45. The number of esters is 1. The van der Waals surface area contributed by atoms with Crippen LogP contribution >= 0.6 is 0 Å². The van der Waals surface area contributed by atoms with Gasteiger partial charge < -0.3 is 25.0 Å². The highest BCUT2D eigenvalue weighted by molar-refractivity contribution is 5.94. The quantitative estimate of drug-likeness (QED) is 0.651. The van der Waals surface area contributed by atoms with E-state index in [1.165, 1.54) is 11.1 Å². The summed E-state index contributed by atoms with van der Waals surface area (Å²) in [4.78, 5) is 49.8. The fourth-order valence-corrected chi connectivity index (χ4v) is 2.80. The minimum atomic E-state index is -0.665. The molecule has 0 aliphatic heterocycles. The third kappa shape index (κ3) is 6.69. The maximum Gasteiger partial charge on any atom is 0.407 e. The van der Waals surface area contributed by atoms with Gasteiger partial charge in [-0.25, -0.2) is 9.59 Å². The number of alkyl carbamates (subject to hydrolysis) is 1.